The number of benzene rings is 1. The molecular weight excluding hydrogens is 352 g/mol. The molecule has 0 unspecified atom stereocenters. The fraction of sp³-hybridized carbons (Fsp3) is 0.389. The molecule has 2 fully saturated rings. The molecule has 1 N–H and O–H groups in total. The number of rotatable bonds is 6. The molecule has 0 radical (unpaired) electrons. The van der Waals surface area contributed by atoms with Crippen molar-refractivity contribution in [2.24, 2.45) is 0 Å². The van der Waals surface area contributed by atoms with Crippen LogP contribution in [0.4, 0.5) is 16.2 Å². The van der Waals surface area contributed by atoms with Gasteiger partial charge in [0.05, 0.1) is 0 Å². The molecule has 0 spiro atoms. The van der Waals surface area contributed by atoms with Crippen molar-refractivity contribution in [2.75, 3.05) is 29.9 Å². The lowest BCUT2D eigenvalue weighted by Crippen LogP contribution is -2.39. The third-order valence-electron chi connectivity index (χ3n) is 4.42. The summed E-state index contributed by atoms with van der Waals surface area (Å²) >= 11 is 0. The second-order valence-corrected chi connectivity index (χ2v) is 6.37. The highest BCUT2D eigenvalue weighted by molar-refractivity contribution is 6.45. The molecule has 0 bridgehead atoms. The molecule has 2 heterocycles. The van der Waals surface area contributed by atoms with Crippen molar-refractivity contribution < 1.29 is 24.0 Å². The molecular formula is C18H20N4O5. The lowest BCUT2D eigenvalue weighted by atomic mass is 10.2. The molecule has 2 aliphatic rings. The Labute approximate surface area is 155 Å². The van der Waals surface area contributed by atoms with E-state index in [0.717, 1.165) is 17.0 Å². The molecule has 2 saturated heterocycles. The van der Waals surface area contributed by atoms with Crippen molar-refractivity contribution in [1.29, 1.82) is 0 Å². The summed E-state index contributed by atoms with van der Waals surface area (Å²) in [6.45, 7) is 2.06. The number of carbonyl (C=O) groups excluding carboxylic acids is 5. The van der Waals surface area contributed by atoms with Crippen molar-refractivity contribution in [3.05, 3.63) is 24.3 Å². The van der Waals surface area contributed by atoms with Crippen LogP contribution in [0.2, 0.25) is 0 Å². The standard InChI is InChI=1S/C18H20N4O5/c1-2-9-21-16(25)17(26)22(18(21)27)11-14(23)19-12-5-7-13(8-6-12)20-10-3-4-15(20)24/h5-8H,2-4,9-11H2,1H3,(H,19,23). The molecule has 2 aliphatic heterocycles. The van der Waals surface area contributed by atoms with Crippen LogP contribution in [-0.4, -0.2) is 59.1 Å². The normalized spacial score (nSPS) is 17.3. The number of hydrogen-bond acceptors (Lipinski definition) is 5. The quantitative estimate of drug-likeness (QED) is 0.591. The summed E-state index contributed by atoms with van der Waals surface area (Å²) in [4.78, 5) is 62.9. The first-order valence-electron chi connectivity index (χ1n) is 8.80. The number of anilines is 2. The van der Waals surface area contributed by atoms with E-state index in [0.29, 0.717) is 30.0 Å². The van der Waals surface area contributed by atoms with E-state index >= 15 is 0 Å². The van der Waals surface area contributed by atoms with Crippen molar-refractivity contribution in [3.63, 3.8) is 0 Å². The van der Waals surface area contributed by atoms with Crippen LogP contribution in [0, 0.1) is 0 Å². The van der Waals surface area contributed by atoms with Crippen LogP contribution in [0.5, 0.6) is 0 Å². The van der Waals surface area contributed by atoms with Crippen LogP contribution in [0.15, 0.2) is 24.3 Å². The van der Waals surface area contributed by atoms with E-state index in [9.17, 15) is 24.0 Å². The monoisotopic (exact) mass is 372 g/mol. The van der Waals surface area contributed by atoms with E-state index in [2.05, 4.69) is 5.32 Å². The summed E-state index contributed by atoms with van der Waals surface area (Å²) in [6, 6.07) is 5.95. The van der Waals surface area contributed by atoms with E-state index < -0.39 is 30.3 Å². The zero-order valence-electron chi connectivity index (χ0n) is 14.9. The van der Waals surface area contributed by atoms with Crippen molar-refractivity contribution >= 4 is 41.0 Å². The second-order valence-electron chi connectivity index (χ2n) is 6.37. The molecule has 142 valence electrons. The van der Waals surface area contributed by atoms with Gasteiger partial charge >= 0.3 is 17.8 Å². The van der Waals surface area contributed by atoms with Gasteiger partial charge in [-0.3, -0.25) is 24.1 Å². The maximum absolute atomic E-state index is 12.2. The van der Waals surface area contributed by atoms with Gasteiger partial charge in [-0.2, -0.15) is 0 Å². The summed E-state index contributed by atoms with van der Waals surface area (Å²) < 4.78 is 0. The van der Waals surface area contributed by atoms with Gasteiger partial charge in [0.25, 0.3) is 0 Å². The van der Waals surface area contributed by atoms with Gasteiger partial charge in [0.15, 0.2) is 0 Å². The molecule has 3 rings (SSSR count). The average Bonchev–Trinajstić information content (AvgIpc) is 3.16. The lowest BCUT2D eigenvalue weighted by molar-refractivity contribution is -0.143. The smallest absolute Gasteiger partial charge is 0.325 e. The third-order valence-corrected chi connectivity index (χ3v) is 4.42. The first kappa shape index (κ1) is 18.6. The summed E-state index contributed by atoms with van der Waals surface area (Å²) in [5.74, 6) is -2.42. The van der Waals surface area contributed by atoms with Gasteiger partial charge in [-0.05, 0) is 37.1 Å². The number of imide groups is 2. The van der Waals surface area contributed by atoms with Gasteiger partial charge in [-0.15, -0.1) is 0 Å². The minimum absolute atomic E-state index is 0.0687. The van der Waals surface area contributed by atoms with Crippen LogP contribution < -0.4 is 10.2 Å². The molecule has 27 heavy (non-hydrogen) atoms. The molecule has 6 amide bonds. The molecule has 1 aromatic carbocycles. The Bertz CT molecular complexity index is 804. The summed E-state index contributed by atoms with van der Waals surface area (Å²) in [7, 11) is 0. The van der Waals surface area contributed by atoms with Crippen LogP contribution in [0.3, 0.4) is 0 Å². The van der Waals surface area contributed by atoms with E-state index in [1.165, 1.54) is 0 Å². The Hall–Kier alpha value is -3.23. The van der Waals surface area contributed by atoms with E-state index in [1.807, 2.05) is 0 Å². The van der Waals surface area contributed by atoms with Gasteiger partial charge in [0.1, 0.15) is 6.54 Å². The second kappa shape index (κ2) is 7.56. The van der Waals surface area contributed by atoms with E-state index in [1.54, 1.807) is 36.1 Å². The fourth-order valence-corrected chi connectivity index (χ4v) is 3.10. The molecule has 0 aromatic heterocycles. The number of nitrogens with zero attached hydrogens (tertiary/aromatic N) is 3. The maximum Gasteiger partial charge on any atom is 0.334 e. The molecule has 9 heteroatoms. The van der Waals surface area contributed by atoms with Crippen molar-refractivity contribution in [1.82, 2.24) is 9.80 Å². The topological polar surface area (TPSA) is 107 Å². The zero-order valence-corrected chi connectivity index (χ0v) is 14.9. The van der Waals surface area contributed by atoms with Crippen LogP contribution in [0.1, 0.15) is 26.2 Å². The third kappa shape index (κ3) is 3.67. The number of amides is 6. The van der Waals surface area contributed by atoms with Crippen LogP contribution in [-0.2, 0) is 19.2 Å². The highest BCUT2D eigenvalue weighted by atomic mass is 16.2. The number of urea groups is 1. The summed E-state index contributed by atoms with van der Waals surface area (Å²) in [5.41, 5.74) is 1.22. The predicted molar refractivity (Wildman–Crippen MR) is 95.8 cm³/mol. The SMILES string of the molecule is CCCN1C(=O)C(=O)N(CC(=O)Nc2ccc(N3CCCC3=O)cc2)C1=O. The van der Waals surface area contributed by atoms with Gasteiger partial charge in [-0.25, -0.2) is 9.69 Å². The number of carbonyl (C=O) groups is 5. The number of nitrogens with one attached hydrogen (secondary N) is 1. The predicted octanol–water partition coefficient (Wildman–Crippen LogP) is 0.953. The van der Waals surface area contributed by atoms with Crippen molar-refractivity contribution in [2.45, 2.75) is 26.2 Å². The minimum atomic E-state index is -0.994. The molecule has 0 saturated carbocycles. The summed E-state index contributed by atoms with van der Waals surface area (Å²) in [5, 5.41) is 2.58. The fourth-order valence-electron chi connectivity index (χ4n) is 3.10. The molecule has 0 aliphatic carbocycles. The van der Waals surface area contributed by atoms with E-state index in [-0.39, 0.29) is 12.5 Å². The Morgan fingerprint density at radius 1 is 1.04 bits per heavy atom. The first-order valence-corrected chi connectivity index (χ1v) is 8.80. The summed E-state index contributed by atoms with van der Waals surface area (Å²) in [6.07, 6.45) is 1.88. The largest absolute Gasteiger partial charge is 0.334 e. The highest BCUT2D eigenvalue weighted by Gasteiger charge is 2.44. The Morgan fingerprint density at radius 3 is 2.30 bits per heavy atom. The Kier molecular flexibility index (Phi) is 5.20. The molecule has 0 atom stereocenters. The Morgan fingerprint density at radius 2 is 1.70 bits per heavy atom. The minimum Gasteiger partial charge on any atom is -0.325 e. The average molecular weight is 372 g/mol. The first-order chi connectivity index (χ1) is 12.9. The maximum atomic E-state index is 12.2. The lowest BCUT2D eigenvalue weighted by Gasteiger charge is -2.17. The van der Waals surface area contributed by atoms with Gasteiger partial charge in [0.2, 0.25) is 11.8 Å². The van der Waals surface area contributed by atoms with E-state index in [4.69, 9.17) is 0 Å². The highest BCUT2D eigenvalue weighted by Crippen LogP contribution is 2.23. The van der Waals surface area contributed by atoms with Gasteiger partial charge in [0, 0.05) is 30.9 Å². The van der Waals surface area contributed by atoms with Crippen LogP contribution >= 0.6 is 0 Å². The van der Waals surface area contributed by atoms with Crippen LogP contribution in [0.25, 0.3) is 0 Å². The molecule has 1 aromatic rings. The molecule has 9 nitrogen and oxygen atoms in total. The zero-order chi connectivity index (χ0) is 19.6. The van der Waals surface area contributed by atoms with Crippen molar-refractivity contribution in [3.8, 4) is 0 Å². The Balaban J connectivity index is 1.61. The number of hydrogen-bond donors (Lipinski definition) is 1. The van der Waals surface area contributed by atoms with Gasteiger partial charge < -0.3 is 10.2 Å². The van der Waals surface area contributed by atoms with Gasteiger partial charge in [-0.1, -0.05) is 6.92 Å².